The van der Waals surface area contributed by atoms with E-state index in [0.29, 0.717) is 30.6 Å². The summed E-state index contributed by atoms with van der Waals surface area (Å²) in [6.45, 7) is 3.74. The van der Waals surface area contributed by atoms with Crippen LogP contribution in [-0.2, 0) is 10.0 Å². The first-order valence-electron chi connectivity index (χ1n) is 9.52. The van der Waals surface area contributed by atoms with E-state index in [1.165, 1.54) is 22.7 Å². The number of nitrogens with zero attached hydrogens (tertiary/aromatic N) is 2. The molecular weight excluding hydrogens is 348 g/mol. The minimum absolute atomic E-state index is 0.0224. The van der Waals surface area contributed by atoms with E-state index >= 15 is 0 Å². The second kappa shape index (κ2) is 6.82. The van der Waals surface area contributed by atoms with Gasteiger partial charge in [-0.05, 0) is 56.7 Å². The molecule has 2 atom stereocenters. The third-order valence-electron chi connectivity index (χ3n) is 6.03. The van der Waals surface area contributed by atoms with Crippen molar-refractivity contribution in [3.63, 3.8) is 0 Å². The van der Waals surface area contributed by atoms with Gasteiger partial charge in [0.05, 0.1) is 4.90 Å². The number of amides is 1. The Morgan fingerprint density at radius 2 is 2.08 bits per heavy atom. The Labute approximate surface area is 155 Å². The molecule has 4 rings (SSSR count). The van der Waals surface area contributed by atoms with Crippen LogP contribution in [-0.4, -0.2) is 49.2 Å². The summed E-state index contributed by atoms with van der Waals surface area (Å²) in [4.78, 5) is 15.2. The van der Waals surface area contributed by atoms with Crippen LogP contribution >= 0.6 is 0 Å². The summed E-state index contributed by atoms with van der Waals surface area (Å²) >= 11 is 0. The predicted octanol–water partition coefficient (Wildman–Crippen LogP) is 3.04. The van der Waals surface area contributed by atoms with E-state index < -0.39 is 10.0 Å². The molecule has 1 aromatic carbocycles. The molecule has 0 spiro atoms. The molecule has 6 heteroatoms. The van der Waals surface area contributed by atoms with Crippen molar-refractivity contribution in [3.05, 3.63) is 41.5 Å². The van der Waals surface area contributed by atoms with Crippen molar-refractivity contribution in [3.8, 4) is 0 Å². The number of hydrogen-bond donors (Lipinski definition) is 0. The van der Waals surface area contributed by atoms with E-state index in [1.807, 2.05) is 17.9 Å². The van der Waals surface area contributed by atoms with E-state index in [-0.39, 0.29) is 10.8 Å². The smallest absolute Gasteiger partial charge is 0.254 e. The predicted molar refractivity (Wildman–Crippen MR) is 100 cm³/mol. The second-order valence-corrected chi connectivity index (χ2v) is 9.77. The van der Waals surface area contributed by atoms with E-state index in [9.17, 15) is 13.2 Å². The standard InChI is InChI=1S/C20H26N2O3S/c1-15-8-10-21(11-9-15)26(24,25)19-7-3-5-17(13-19)20(23)22-14-16-4-2-6-18(22)12-16/h3,5,7-8,13,16,18H,2,4,6,9-12,14H2,1H3. The van der Waals surface area contributed by atoms with Crippen LogP contribution < -0.4 is 0 Å². The number of carbonyl (C=O) groups is 1. The molecule has 1 saturated carbocycles. The molecular formula is C20H26N2O3S. The van der Waals surface area contributed by atoms with Crippen molar-refractivity contribution in [2.45, 2.75) is 50.0 Å². The lowest BCUT2D eigenvalue weighted by molar-refractivity contribution is 0.0733. The summed E-state index contributed by atoms with van der Waals surface area (Å²) < 4.78 is 27.4. The first-order valence-corrected chi connectivity index (χ1v) is 11.0. The minimum Gasteiger partial charge on any atom is -0.335 e. The average molecular weight is 375 g/mol. The normalized spacial score (nSPS) is 26.7. The summed E-state index contributed by atoms with van der Waals surface area (Å²) in [6, 6.07) is 6.92. The highest BCUT2D eigenvalue weighted by Gasteiger charge is 2.38. The topological polar surface area (TPSA) is 57.7 Å². The number of likely N-dealkylation sites (tertiary alicyclic amines) is 1. The fourth-order valence-corrected chi connectivity index (χ4v) is 5.89. The third-order valence-corrected chi connectivity index (χ3v) is 7.89. The van der Waals surface area contributed by atoms with Crippen molar-refractivity contribution >= 4 is 15.9 Å². The summed E-state index contributed by atoms with van der Waals surface area (Å²) in [5.41, 5.74) is 1.71. The van der Waals surface area contributed by atoms with Crippen LogP contribution in [0.2, 0.25) is 0 Å². The van der Waals surface area contributed by atoms with Crippen molar-refractivity contribution in [1.29, 1.82) is 0 Å². The molecule has 0 radical (unpaired) electrons. The highest BCUT2D eigenvalue weighted by atomic mass is 32.2. The first kappa shape index (κ1) is 17.7. The van der Waals surface area contributed by atoms with Gasteiger partial charge < -0.3 is 4.90 Å². The van der Waals surface area contributed by atoms with Crippen molar-refractivity contribution < 1.29 is 13.2 Å². The number of hydrogen-bond acceptors (Lipinski definition) is 3. The number of rotatable bonds is 3. The summed E-state index contributed by atoms with van der Waals surface area (Å²) in [5.74, 6) is 0.596. The monoisotopic (exact) mass is 374 g/mol. The van der Waals surface area contributed by atoms with E-state index in [1.54, 1.807) is 24.3 Å². The zero-order valence-electron chi connectivity index (χ0n) is 15.2. The number of sulfonamides is 1. The Morgan fingerprint density at radius 3 is 2.81 bits per heavy atom. The van der Waals surface area contributed by atoms with E-state index in [2.05, 4.69) is 0 Å². The molecule has 2 unspecified atom stereocenters. The van der Waals surface area contributed by atoms with Gasteiger partial charge in [-0.15, -0.1) is 0 Å². The Hall–Kier alpha value is -1.66. The maximum atomic E-state index is 13.0. The highest BCUT2D eigenvalue weighted by molar-refractivity contribution is 7.89. The lowest BCUT2D eigenvalue weighted by atomic mass is 9.90. The highest BCUT2D eigenvalue weighted by Crippen LogP contribution is 2.36. The first-order chi connectivity index (χ1) is 12.4. The van der Waals surface area contributed by atoms with Gasteiger partial charge in [0, 0.05) is 31.2 Å². The van der Waals surface area contributed by atoms with E-state index in [0.717, 1.165) is 25.8 Å². The molecule has 3 aliphatic rings. The molecule has 5 nitrogen and oxygen atoms in total. The molecule has 1 saturated heterocycles. The Morgan fingerprint density at radius 1 is 1.23 bits per heavy atom. The summed E-state index contributed by atoms with van der Waals surface area (Å²) in [7, 11) is -3.56. The van der Waals surface area contributed by atoms with Crippen LogP contribution in [0.25, 0.3) is 0 Å². The van der Waals surface area contributed by atoms with Gasteiger partial charge in [-0.25, -0.2) is 8.42 Å². The van der Waals surface area contributed by atoms with Gasteiger partial charge >= 0.3 is 0 Å². The molecule has 2 fully saturated rings. The lowest BCUT2D eigenvalue weighted by Crippen LogP contribution is -2.36. The molecule has 0 aromatic heterocycles. The van der Waals surface area contributed by atoms with Crippen LogP contribution in [0.3, 0.4) is 0 Å². The van der Waals surface area contributed by atoms with Crippen molar-refractivity contribution in [2.75, 3.05) is 19.6 Å². The van der Waals surface area contributed by atoms with Crippen LogP contribution in [0.15, 0.2) is 40.8 Å². The van der Waals surface area contributed by atoms with Crippen LogP contribution in [0.5, 0.6) is 0 Å². The molecule has 2 bridgehead atoms. The van der Waals surface area contributed by atoms with E-state index in [4.69, 9.17) is 0 Å². The number of benzene rings is 1. The second-order valence-electron chi connectivity index (χ2n) is 7.84. The molecule has 2 aliphatic heterocycles. The van der Waals surface area contributed by atoms with Gasteiger partial charge in [-0.2, -0.15) is 4.31 Å². The molecule has 1 amide bonds. The lowest BCUT2D eigenvalue weighted by Gasteiger charge is -2.26. The van der Waals surface area contributed by atoms with Gasteiger partial charge in [-0.1, -0.05) is 24.1 Å². The molecule has 1 aromatic rings. The molecule has 1 aliphatic carbocycles. The van der Waals surface area contributed by atoms with Crippen molar-refractivity contribution in [1.82, 2.24) is 9.21 Å². The summed E-state index contributed by atoms with van der Waals surface area (Å²) in [5, 5.41) is 0. The largest absolute Gasteiger partial charge is 0.335 e. The third kappa shape index (κ3) is 3.21. The summed E-state index contributed by atoms with van der Waals surface area (Å²) in [6.07, 6.45) is 7.28. The zero-order valence-corrected chi connectivity index (χ0v) is 16.0. The maximum Gasteiger partial charge on any atom is 0.254 e. The zero-order chi connectivity index (χ0) is 18.3. The minimum atomic E-state index is -3.56. The average Bonchev–Trinajstić information content (AvgIpc) is 2.95. The maximum absolute atomic E-state index is 13.0. The van der Waals surface area contributed by atoms with Gasteiger partial charge in [0.25, 0.3) is 5.91 Å². The Balaban J connectivity index is 1.58. The van der Waals surface area contributed by atoms with Gasteiger partial charge in [0.2, 0.25) is 10.0 Å². The fourth-order valence-electron chi connectivity index (χ4n) is 4.46. The molecule has 26 heavy (non-hydrogen) atoms. The fraction of sp³-hybridized carbons (Fsp3) is 0.550. The van der Waals surface area contributed by atoms with Crippen LogP contribution in [0, 0.1) is 5.92 Å². The van der Waals surface area contributed by atoms with Gasteiger partial charge in [-0.3, -0.25) is 4.79 Å². The number of fused-ring (bicyclic) bond motifs is 2. The van der Waals surface area contributed by atoms with Crippen molar-refractivity contribution in [2.24, 2.45) is 5.92 Å². The van der Waals surface area contributed by atoms with Gasteiger partial charge in [0.1, 0.15) is 0 Å². The Kier molecular flexibility index (Phi) is 4.65. The molecule has 0 N–H and O–H groups in total. The quantitative estimate of drug-likeness (QED) is 0.764. The number of carbonyl (C=O) groups excluding carboxylic acids is 1. The Bertz CT molecular complexity index is 846. The SMILES string of the molecule is CC1=CCN(S(=O)(=O)c2cccc(C(=O)N3CC4CCCC3C4)c2)CC1. The molecule has 140 valence electrons. The van der Waals surface area contributed by atoms with Gasteiger partial charge in [0.15, 0.2) is 0 Å². The molecule has 2 heterocycles. The van der Waals surface area contributed by atoms with Crippen LogP contribution in [0.1, 0.15) is 49.4 Å². The van der Waals surface area contributed by atoms with Crippen LogP contribution in [0.4, 0.5) is 0 Å².